The fourth-order valence-corrected chi connectivity index (χ4v) is 2.64. The molecule has 0 aromatic carbocycles. The Morgan fingerprint density at radius 3 is 2.95 bits per heavy atom. The van der Waals surface area contributed by atoms with E-state index in [1.807, 2.05) is 11.8 Å². The van der Waals surface area contributed by atoms with Gasteiger partial charge in [-0.05, 0) is 25.2 Å². The van der Waals surface area contributed by atoms with Crippen molar-refractivity contribution in [3.05, 3.63) is 28.4 Å². The molecule has 1 amide bonds. The van der Waals surface area contributed by atoms with Crippen LogP contribution in [0.1, 0.15) is 38.8 Å². The molecule has 5 heteroatoms. The topological polar surface area (TPSA) is 55.2 Å². The van der Waals surface area contributed by atoms with Crippen molar-refractivity contribution in [1.82, 2.24) is 14.5 Å². The Labute approximate surface area is 119 Å². The van der Waals surface area contributed by atoms with Gasteiger partial charge in [0.15, 0.2) is 0 Å². The second kappa shape index (κ2) is 6.68. The highest BCUT2D eigenvalue weighted by atomic mass is 16.2. The van der Waals surface area contributed by atoms with E-state index in [-0.39, 0.29) is 18.0 Å². The predicted octanol–water partition coefficient (Wildman–Crippen LogP) is 1.45. The zero-order valence-electron chi connectivity index (χ0n) is 12.3. The number of hydrogen-bond donors (Lipinski definition) is 0. The van der Waals surface area contributed by atoms with Gasteiger partial charge in [0.05, 0.1) is 6.33 Å². The molecular weight excluding hydrogens is 254 g/mol. The molecule has 0 bridgehead atoms. The molecule has 2 rings (SSSR count). The smallest absolute Gasteiger partial charge is 0.253 e. The van der Waals surface area contributed by atoms with Crippen molar-refractivity contribution in [3.8, 4) is 0 Å². The monoisotopic (exact) mass is 277 g/mol. The number of nitrogens with zero attached hydrogens (tertiary/aromatic N) is 3. The number of hydrogen-bond acceptors (Lipinski definition) is 3. The molecule has 1 saturated heterocycles. The van der Waals surface area contributed by atoms with E-state index in [1.54, 1.807) is 0 Å². The SMILES string of the molecule is CCCc1cc(=O)n(CC(=O)N2CCCC(C)C2)cn1. The Morgan fingerprint density at radius 2 is 2.30 bits per heavy atom. The molecule has 1 aliphatic rings. The van der Waals surface area contributed by atoms with Gasteiger partial charge in [-0.1, -0.05) is 20.3 Å². The first kappa shape index (κ1) is 14.8. The summed E-state index contributed by atoms with van der Waals surface area (Å²) in [7, 11) is 0. The maximum absolute atomic E-state index is 12.2. The summed E-state index contributed by atoms with van der Waals surface area (Å²) in [6, 6.07) is 1.54. The van der Waals surface area contributed by atoms with Crippen LogP contribution in [-0.2, 0) is 17.8 Å². The van der Waals surface area contributed by atoms with Gasteiger partial charge in [0.2, 0.25) is 5.91 Å². The summed E-state index contributed by atoms with van der Waals surface area (Å²) in [5.41, 5.74) is 0.662. The van der Waals surface area contributed by atoms with Gasteiger partial charge in [0, 0.05) is 24.8 Å². The van der Waals surface area contributed by atoms with Crippen LogP contribution < -0.4 is 5.56 Å². The molecule has 2 heterocycles. The molecule has 20 heavy (non-hydrogen) atoms. The summed E-state index contributed by atoms with van der Waals surface area (Å²) < 4.78 is 1.40. The number of rotatable bonds is 4. The molecule has 0 N–H and O–H groups in total. The average molecular weight is 277 g/mol. The molecule has 0 aliphatic carbocycles. The molecule has 1 atom stereocenters. The van der Waals surface area contributed by atoms with Crippen LogP contribution in [0.5, 0.6) is 0 Å². The highest BCUT2D eigenvalue weighted by molar-refractivity contribution is 5.76. The fraction of sp³-hybridized carbons (Fsp3) is 0.667. The largest absolute Gasteiger partial charge is 0.341 e. The molecule has 0 radical (unpaired) electrons. The number of piperidine rings is 1. The van der Waals surface area contributed by atoms with Crippen LogP contribution in [0.3, 0.4) is 0 Å². The zero-order valence-corrected chi connectivity index (χ0v) is 12.3. The third-order valence-corrected chi connectivity index (χ3v) is 3.76. The van der Waals surface area contributed by atoms with Crippen LogP contribution in [0.25, 0.3) is 0 Å². The molecular formula is C15H23N3O2. The quantitative estimate of drug-likeness (QED) is 0.837. The van der Waals surface area contributed by atoms with Crippen molar-refractivity contribution in [2.45, 2.75) is 46.1 Å². The summed E-state index contributed by atoms with van der Waals surface area (Å²) in [6.07, 6.45) is 5.49. The van der Waals surface area contributed by atoms with Crippen LogP contribution in [0.2, 0.25) is 0 Å². The summed E-state index contributed by atoms with van der Waals surface area (Å²) in [6.45, 7) is 5.92. The third kappa shape index (κ3) is 3.68. The zero-order chi connectivity index (χ0) is 14.5. The number of amides is 1. The molecule has 0 spiro atoms. The molecule has 0 saturated carbocycles. The summed E-state index contributed by atoms with van der Waals surface area (Å²) >= 11 is 0. The molecule has 1 aromatic heterocycles. The van der Waals surface area contributed by atoms with Crippen LogP contribution in [0.15, 0.2) is 17.2 Å². The van der Waals surface area contributed by atoms with Gasteiger partial charge in [-0.25, -0.2) is 4.98 Å². The van der Waals surface area contributed by atoms with Crippen molar-refractivity contribution in [1.29, 1.82) is 0 Å². The number of carbonyl (C=O) groups is 1. The molecule has 5 nitrogen and oxygen atoms in total. The second-order valence-corrected chi connectivity index (χ2v) is 5.68. The Morgan fingerprint density at radius 1 is 1.50 bits per heavy atom. The van der Waals surface area contributed by atoms with Gasteiger partial charge in [-0.3, -0.25) is 14.2 Å². The molecule has 1 aliphatic heterocycles. The van der Waals surface area contributed by atoms with Gasteiger partial charge in [0.25, 0.3) is 5.56 Å². The first-order chi connectivity index (χ1) is 9.60. The van der Waals surface area contributed by atoms with Gasteiger partial charge in [0.1, 0.15) is 6.54 Å². The average Bonchev–Trinajstić information content (AvgIpc) is 2.42. The minimum absolute atomic E-state index is 0.0173. The number of aromatic nitrogens is 2. The van der Waals surface area contributed by atoms with E-state index in [2.05, 4.69) is 11.9 Å². The lowest BCUT2D eigenvalue weighted by atomic mass is 10.0. The maximum Gasteiger partial charge on any atom is 0.253 e. The minimum Gasteiger partial charge on any atom is -0.341 e. The fourth-order valence-electron chi connectivity index (χ4n) is 2.64. The van der Waals surface area contributed by atoms with E-state index in [1.165, 1.54) is 23.4 Å². The highest BCUT2D eigenvalue weighted by Gasteiger charge is 2.21. The molecule has 1 fully saturated rings. The Balaban J connectivity index is 2.02. The Bertz CT molecular complexity index is 524. The lowest BCUT2D eigenvalue weighted by Crippen LogP contribution is -2.42. The Kier molecular flexibility index (Phi) is 4.93. The maximum atomic E-state index is 12.2. The van der Waals surface area contributed by atoms with E-state index in [4.69, 9.17) is 0 Å². The minimum atomic E-state index is -0.137. The van der Waals surface area contributed by atoms with E-state index < -0.39 is 0 Å². The van der Waals surface area contributed by atoms with Gasteiger partial charge in [-0.2, -0.15) is 0 Å². The van der Waals surface area contributed by atoms with Crippen molar-refractivity contribution in [3.63, 3.8) is 0 Å². The summed E-state index contributed by atoms with van der Waals surface area (Å²) in [5, 5.41) is 0. The number of carbonyl (C=O) groups excluding carboxylic acids is 1. The molecule has 1 unspecified atom stereocenters. The number of aryl methyl sites for hydroxylation is 1. The molecule has 110 valence electrons. The summed E-state index contributed by atoms with van der Waals surface area (Å²) in [4.78, 5) is 30.3. The Hall–Kier alpha value is -1.65. The van der Waals surface area contributed by atoms with E-state index in [0.29, 0.717) is 5.92 Å². The van der Waals surface area contributed by atoms with Crippen LogP contribution >= 0.6 is 0 Å². The molecule has 1 aromatic rings. The van der Waals surface area contributed by atoms with Crippen molar-refractivity contribution in [2.24, 2.45) is 5.92 Å². The third-order valence-electron chi connectivity index (χ3n) is 3.76. The first-order valence-electron chi connectivity index (χ1n) is 7.43. The van der Waals surface area contributed by atoms with Gasteiger partial charge >= 0.3 is 0 Å². The predicted molar refractivity (Wildman–Crippen MR) is 77.5 cm³/mol. The van der Waals surface area contributed by atoms with Crippen molar-refractivity contribution >= 4 is 5.91 Å². The van der Waals surface area contributed by atoms with E-state index in [9.17, 15) is 9.59 Å². The van der Waals surface area contributed by atoms with Crippen LogP contribution in [0.4, 0.5) is 0 Å². The normalized spacial score (nSPS) is 19.1. The lowest BCUT2D eigenvalue weighted by Gasteiger charge is -2.31. The van der Waals surface area contributed by atoms with Crippen molar-refractivity contribution < 1.29 is 4.79 Å². The highest BCUT2D eigenvalue weighted by Crippen LogP contribution is 2.15. The van der Waals surface area contributed by atoms with E-state index >= 15 is 0 Å². The summed E-state index contributed by atoms with van der Waals surface area (Å²) in [5.74, 6) is 0.568. The van der Waals surface area contributed by atoms with Gasteiger partial charge < -0.3 is 4.90 Å². The second-order valence-electron chi connectivity index (χ2n) is 5.68. The standard InChI is InChI=1S/C15H23N3O2/c1-3-5-13-8-14(19)18(11-16-13)10-15(20)17-7-4-6-12(2)9-17/h8,11-12H,3-7,9-10H2,1-2H3. The van der Waals surface area contributed by atoms with Crippen LogP contribution in [-0.4, -0.2) is 33.4 Å². The van der Waals surface area contributed by atoms with Crippen molar-refractivity contribution in [2.75, 3.05) is 13.1 Å². The van der Waals surface area contributed by atoms with Crippen LogP contribution in [0, 0.1) is 5.92 Å². The lowest BCUT2D eigenvalue weighted by molar-refractivity contribution is -0.133. The van der Waals surface area contributed by atoms with E-state index in [0.717, 1.165) is 38.0 Å². The van der Waals surface area contributed by atoms with Gasteiger partial charge in [-0.15, -0.1) is 0 Å². The first-order valence-corrected chi connectivity index (χ1v) is 7.43. The number of likely N-dealkylation sites (tertiary alicyclic amines) is 1.